The van der Waals surface area contributed by atoms with Crippen LogP contribution in [0.4, 0.5) is 0 Å². The third kappa shape index (κ3) is 1.13. The van der Waals surface area contributed by atoms with Gasteiger partial charge in [0.15, 0.2) is 0 Å². The molecule has 0 aromatic carbocycles. The van der Waals surface area contributed by atoms with Gasteiger partial charge in [0.2, 0.25) is 0 Å². The van der Waals surface area contributed by atoms with E-state index >= 15 is 0 Å². The van der Waals surface area contributed by atoms with Gasteiger partial charge in [-0.2, -0.15) is 0 Å². The van der Waals surface area contributed by atoms with Crippen LogP contribution in [0.1, 0.15) is 6.92 Å². The zero-order valence-electron chi connectivity index (χ0n) is 4.76. The maximum absolute atomic E-state index is 5.50. The molecule has 1 aliphatic heterocycles. The number of ether oxygens (including phenoxy) is 2. The lowest BCUT2D eigenvalue weighted by molar-refractivity contribution is 0.0436. The quantitative estimate of drug-likeness (QED) is 0.501. The van der Waals surface area contributed by atoms with Crippen molar-refractivity contribution in [2.45, 2.75) is 19.1 Å². The minimum Gasteiger partial charge on any atom is -0.350 e. The molecule has 1 saturated heterocycles. The molecule has 2 nitrogen and oxygen atoms in total. The summed E-state index contributed by atoms with van der Waals surface area (Å²) >= 11 is 5.50. The highest BCUT2D eigenvalue weighted by atomic mass is 35.5. The van der Waals surface area contributed by atoms with Crippen LogP contribution >= 0.6 is 11.6 Å². The fourth-order valence-corrected chi connectivity index (χ4v) is 0.987. The summed E-state index contributed by atoms with van der Waals surface area (Å²) in [6.07, 6.45) is 0.282. The van der Waals surface area contributed by atoms with Crippen molar-refractivity contribution in [1.29, 1.82) is 0 Å². The predicted octanol–water partition coefficient (Wildman–Crippen LogP) is 0.987. The molecule has 1 fully saturated rings. The van der Waals surface area contributed by atoms with E-state index in [0.29, 0.717) is 12.7 Å². The van der Waals surface area contributed by atoms with Crippen LogP contribution in [0.2, 0.25) is 0 Å². The van der Waals surface area contributed by atoms with Crippen LogP contribution in [-0.2, 0) is 9.47 Å². The minimum absolute atomic E-state index is 0.108. The monoisotopic (exact) mass is 136 g/mol. The summed E-state index contributed by atoms with van der Waals surface area (Å²) < 4.78 is 10.1. The Morgan fingerprint density at radius 2 is 2.38 bits per heavy atom. The van der Waals surface area contributed by atoms with Crippen molar-refractivity contribution < 1.29 is 9.47 Å². The Bertz CT molecular complexity index is 76.8. The normalized spacial score (nSPS) is 38.2. The number of hydrogen-bond donors (Lipinski definition) is 0. The molecule has 0 bridgehead atoms. The average Bonchev–Trinajstić information content (AvgIpc) is 2.14. The van der Waals surface area contributed by atoms with E-state index in [1.165, 1.54) is 0 Å². The highest BCUT2D eigenvalue weighted by Gasteiger charge is 2.23. The van der Waals surface area contributed by atoms with Gasteiger partial charge in [0, 0.05) is 0 Å². The first-order chi connectivity index (χ1) is 3.84. The molecule has 8 heavy (non-hydrogen) atoms. The number of halogens is 1. The first kappa shape index (κ1) is 6.33. The molecule has 0 N–H and O–H groups in total. The zero-order valence-corrected chi connectivity index (χ0v) is 5.52. The summed E-state index contributed by atoms with van der Waals surface area (Å²) in [7, 11) is 0. The first-order valence-electron chi connectivity index (χ1n) is 2.63. The average molecular weight is 137 g/mol. The van der Waals surface area contributed by atoms with E-state index in [-0.39, 0.29) is 12.2 Å². The molecular weight excluding hydrogens is 128 g/mol. The van der Waals surface area contributed by atoms with Crippen LogP contribution < -0.4 is 0 Å². The molecule has 0 spiro atoms. The second kappa shape index (κ2) is 2.67. The lowest BCUT2D eigenvalue weighted by atomic mass is 10.3. The Labute approximate surface area is 53.7 Å². The van der Waals surface area contributed by atoms with Crippen molar-refractivity contribution in [2.75, 3.05) is 12.7 Å². The minimum atomic E-state index is 0.108. The summed E-state index contributed by atoms with van der Waals surface area (Å²) in [5.74, 6) is 0.529. The molecule has 0 radical (unpaired) electrons. The van der Waals surface area contributed by atoms with Crippen LogP contribution in [-0.4, -0.2) is 24.9 Å². The van der Waals surface area contributed by atoms with Crippen molar-refractivity contribution in [1.82, 2.24) is 0 Å². The van der Waals surface area contributed by atoms with Crippen molar-refractivity contribution in [3.63, 3.8) is 0 Å². The Morgan fingerprint density at radius 1 is 1.62 bits per heavy atom. The van der Waals surface area contributed by atoms with E-state index in [9.17, 15) is 0 Å². The van der Waals surface area contributed by atoms with E-state index in [0.717, 1.165) is 0 Å². The third-order valence-electron chi connectivity index (χ3n) is 1.29. The maximum atomic E-state index is 5.50. The van der Waals surface area contributed by atoms with Gasteiger partial charge in [0.05, 0.1) is 18.1 Å². The SMILES string of the molecule is C[C@H]1OCO[C@H]1CCl. The van der Waals surface area contributed by atoms with Crippen molar-refractivity contribution >= 4 is 11.6 Å². The van der Waals surface area contributed by atoms with Crippen molar-refractivity contribution in [2.24, 2.45) is 0 Å². The second-order valence-electron chi connectivity index (χ2n) is 1.85. The third-order valence-corrected chi connectivity index (χ3v) is 1.59. The first-order valence-corrected chi connectivity index (χ1v) is 3.17. The zero-order chi connectivity index (χ0) is 5.98. The van der Waals surface area contributed by atoms with Gasteiger partial charge in [0.25, 0.3) is 0 Å². The van der Waals surface area contributed by atoms with Gasteiger partial charge in [-0.15, -0.1) is 11.6 Å². The fraction of sp³-hybridized carbons (Fsp3) is 1.00. The molecule has 1 rings (SSSR count). The van der Waals surface area contributed by atoms with E-state index in [2.05, 4.69) is 0 Å². The van der Waals surface area contributed by atoms with Crippen LogP contribution in [0.3, 0.4) is 0 Å². The van der Waals surface area contributed by atoms with Gasteiger partial charge in [-0.3, -0.25) is 0 Å². The van der Waals surface area contributed by atoms with Crippen LogP contribution in [0.5, 0.6) is 0 Å². The van der Waals surface area contributed by atoms with Crippen LogP contribution in [0.15, 0.2) is 0 Å². The lowest BCUT2D eigenvalue weighted by Gasteiger charge is -2.06. The van der Waals surface area contributed by atoms with Crippen molar-refractivity contribution in [3.8, 4) is 0 Å². The molecule has 0 aromatic heterocycles. The van der Waals surface area contributed by atoms with E-state index in [1.807, 2.05) is 6.92 Å². The summed E-state index contributed by atoms with van der Waals surface area (Å²) in [6, 6.07) is 0. The van der Waals surface area contributed by atoms with Crippen molar-refractivity contribution in [3.05, 3.63) is 0 Å². The Kier molecular flexibility index (Phi) is 2.11. The molecule has 0 unspecified atom stereocenters. The molecule has 0 aromatic rings. The Hall–Kier alpha value is 0.210. The van der Waals surface area contributed by atoms with E-state index in [4.69, 9.17) is 21.1 Å². The molecule has 48 valence electrons. The van der Waals surface area contributed by atoms with E-state index < -0.39 is 0 Å². The predicted molar refractivity (Wildman–Crippen MR) is 31.0 cm³/mol. The van der Waals surface area contributed by atoms with Gasteiger partial charge in [0.1, 0.15) is 6.79 Å². The Balaban J connectivity index is 2.30. The molecule has 1 heterocycles. The Morgan fingerprint density at radius 3 is 2.62 bits per heavy atom. The standard InChI is InChI=1S/C5H9ClO2/c1-4-5(2-6)8-3-7-4/h4-5H,2-3H2,1H3/t4-,5+/m1/s1. The smallest absolute Gasteiger partial charge is 0.147 e. The summed E-state index contributed by atoms with van der Waals surface area (Å²) in [6.45, 7) is 2.36. The van der Waals surface area contributed by atoms with Gasteiger partial charge in [-0.25, -0.2) is 0 Å². The lowest BCUT2D eigenvalue weighted by Crippen LogP contribution is -2.20. The number of rotatable bonds is 1. The molecule has 3 heteroatoms. The molecule has 2 atom stereocenters. The van der Waals surface area contributed by atoms with Crippen LogP contribution in [0, 0.1) is 0 Å². The second-order valence-corrected chi connectivity index (χ2v) is 2.16. The summed E-state index contributed by atoms with van der Waals surface area (Å²) in [4.78, 5) is 0. The number of alkyl halides is 1. The molecule has 0 aliphatic carbocycles. The highest BCUT2D eigenvalue weighted by molar-refractivity contribution is 6.18. The maximum Gasteiger partial charge on any atom is 0.147 e. The summed E-state index contributed by atoms with van der Waals surface area (Å²) in [5.41, 5.74) is 0. The van der Waals surface area contributed by atoms with Gasteiger partial charge >= 0.3 is 0 Å². The fourth-order valence-electron chi connectivity index (χ4n) is 0.647. The van der Waals surface area contributed by atoms with Gasteiger partial charge in [-0.1, -0.05) is 0 Å². The molecule has 0 amide bonds. The molecule has 1 aliphatic rings. The highest BCUT2D eigenvalue weighted by Crippen LogP contribution is 2.12. The van der Waals surface area contributed by atoms with Crippen LogP contribution in [0.25, 0.3) is 0 Å². The topological polar surface area (TPSA) is 18.5 Å². The summed E-state index contributed by atoms with van der Waals surface area (Å²) in [5, 5.41) is 0. The largest absolute Gasteiger partial charge is 0.350 e. The molecule has 0 saturated carbocycles. The molecular formula is C5H9ClO2. The number of hydrogen-bond acceptors (Lipinski definition) is 2. The van der Waals surface area contributed by atoms with E-state index in [1.54, 1.807) is 0 Å². The van der Waals surface area contributed by atoms with Gasteiger partial charge in [-0.05, 0) is 6.92 Å². The van der Waals surface area contributed by atoms with Gasteiger partial charge < -0.3 is 9.47 Å².